The molecule has 0 atom stereocenters. The lowest BCUT2D eigenvalue weighted by atomic mass is 9.67. The third-order valence-electron chi connectivity index (χ3n) is 5.52. The molecule has 0 saturated heterocycles. The summed E-state index contributed by atoms with van der Waals surface area (Å²) in [6, 6.07) is 0. The topological polar surface area (TPSA) is 0 Å². The normalized spacial score (nSPS) is 22.3. The zero-order valence-electron chi connectivity index (χ0n) is 15.6. The minimum Gasteiger partial charge on any atom is -0.0654 e. The van der Waals surface area contributed by atoms with E-state index >= 15 is 0 Å². The Morgan fingerprint density at radius 2 is 1.24 bits per heavy atom. The molecule has 1 fully saturated rings. The van der Waals surface area contributed by atoms with Gasteiger partial charge in [-0.25, -0.2) is 0 Å². The zero-order valence-corrected chi connectivity index (χ0v) is 15.6. The first-order valence-corrected chi connectivity index (χ1v) is 10.0. The Bertz CT molecular complexity index is 234. The van der Waals surface area contributed by atoms with Crippen LogP contribution < -0.4 is 0 Å². The third-order valence-corrected chi connectivity index (χ3v) is 5.52. The van der Waals surface area contributed by atoms with Gasteiger partial charge in [0.25, 0.3) is 0 Å². The molecule has 0 spiro atoms. The summed E-state index contributed by atoms with van der Waals surface area (Å²) in [5, 5.41) is 0. The Hall–Kier alpha value is 0. The van der Waals surface area contributed by atoms with E-state index in [-0.39, 0.29) is 0 Å². The predicted molar refractivity (Wildman–Crippen MR) is 96.7 cm³/mol. The number of hydrogen-bond donors (Lipinski definition) is 0. The molecule has 0 N–H and O–H groups in total. The van der Waals surface area contributed by atoms with Crippen LogP contribution in [0.4, 0.5) is 0 Å². The molecule has 0 bridgehead atoms. The van der Waals surface area contributed by atoms with Crippen LogP contribution >= 0.6 is 0 Å². The van der Waals surface area contributed by atoms with Crippen molar-refractivity contribution in [1.29, 1.82) is 0 Å². The number of unbranched alkanes of at least 4 members (excludes halogenated alkanes) is 9. The van der Waals surface area contributed by atoms with Crippen molar-refractivity contribution in [3.8, 4) is 0 Å². The Balaban J connectivity index is 1.86. The van der Waals surface area contributed by atoms with Gasteiger partial charge < -0.3 is 0 Å². The van der Waals surface area contributed by atoms with Gasteiger partial charge in [-0.1, -0.05) is 91.9 Å². The minimum absolute atomic E-state index is 0.602. The maximum Gasteiger partial charge on any atom is -0.0352 e. The van der Waals surface area contributed by atoms with Crippen LogP contribution in [0.25, 0.3) is 0 Å². The SMILES string of the molecule is CCCCCCCCCCCCC(C)(C)CC1CC(C)C1. The molecule has 0 aliphatic heterocycles. The van der Waals surface area contributed by atoms with Gasteiger partial charge in [0.05, 0.1) is 0 Å². The first kappa shape index (κ1) is 19.0. The molecule has 0 radical (unpaired) electrons. The van der Waals surface area contributed by atoms with Crippen molar-refractivity contribution < 1.29 is 0 Å². The van der Waals surface area contributed by atoms with Gasteiger partial charge in [0, 0.05) is 0 Å². The van der Waals surface area contributed by atoms with E-state index in [1.54, 1.807) is 0 Å². The van der Waals surface area contributed by atoms with Gasteiger partial charge >= 0.3 is 0 Å². The standard InChI is InChI=1S/C21H42/c1-5-6-7-8-9-10-11-12-13-14-15-21(3,4)18-20-16-19(2)17-20/h19-20H,5-18H2,1-4H3. The highest BCUT2D eigenvalue weighted by molar-refractivity contribution is 4.82. The highest BCUT2D eigenvalue weighted by Gasteiger charge is 2.30. The minimum atomic E-state index is 0.602. The van der Waals surface area contributed by atoms with Crippen LogP contribution in [0.3, 0.4) is 0 Å². The maximum atomic E-state index is 2.50. The molecule has 0 heteroatoms. The lowest BCUT2D eigenvalue weighted by Gasteiger charge is -2.38. The van der Waals surface area contributed by atoms with Crippen LogP contribution in [0.2, 0.25) is 0 Å². The average molecular weight is 295 g/mol. The highest BCUT2D eigenvalue weighted by Crippen LogP contribution is 2.42. The second kappa shape index (κ2) is 10.7. The van der Waals surface area contributed by atoms with Gasteiger partial charge in [0.2, 0.25) is 0 Å². The Kier molecular flexibility index (Phi) is 9.69. The lowest BCUT2D eigenvalue weighted by molar-refractivity contribution is 0.130. The molecule has 0 aromatic carbocycles. The molecule has 1 aliphatic rings. The van der Waals surface area contributed by atoms with E-state index in [2.05, 4.69) is 27.7 Å². The van der Waals surface area contributed by atoms with Crippen molar-refractivity contribution in [3.05, 3.63) is 0 Å². The van der Waals surface area contributed by atoms with Crippen LogP contribution in [0, 0.1) is 17.3 Å². The summed E-state index contributed by atoms with van der Waals surface area (Å²) in [5.74, 6) is 2.07. The fraction of sp³-hybridized carbons (Fsp3) is 1.00. The first-order valence-electron chi connectivity index (χ1n) is 10.0. The van der Waals surface area contributed by atoms with Crippen molar-refractivity contribution in [2.24, 2.45) is 17.3 Å². The molecule has 0 nitrogen and oxygen atoms in total. The second-order valence-electron chi connectivity index (χ2n) is 8.74. The summed E-state index contributed by atoms with van der Waals surface area (Å²) in [5.41, 5.74) is 0.602. The molecule has 0 unspecified atom stereocenters. The van der Waals surface area contributed by atoms with Crippen LogP contribution in [0.1, 0.15) is 118 Å². The van der Waals surface area contributed by atoms with E-state index in [1.807, 2.05) is 0 Å². The van der Waals surface area contributed by atoms with Crippen molar-refractivity contribution >= 4 is 0 Å². The Morgan fingerprint density at radius 3 is 1.71 bits per heavy atom. The average Bonchev–Trinajstić information content (AvgIpc) is 2.39. The predicted octanol–water partition coefficient (Wildman–Crippen LogP) is 7.76. The van der Waals surface area contributed by atoms with Crippen molar-refractivity contribution in [1.82, 2.24) is 0 Å². The van der Waals surface area contributed by atoms with Crippen LogP contribution in [0.15, 0.2) is 0 Å². The third kappa shape index (κ3) is 9.59. The molecule has 0 aromatic rings. The molecule has 0 heterocycles. The van der Waals surface area contributed by atoms with E-state index in [0.29, 0.717) is 5.41 Å². The quantitative estimate of drug-likeness (QED) is 0.304. The molecule has 1 saturated carbocycles. The van der Waals surface area contributed by atoms with Gasteiger partial charge in [-0.15, -0.1) is 0 Å². The van der Waals surface area contributed by atoms with Crippen molar-refractivity contribution in [3.63, 3.8) is 0 Å². The molecule has 0 amide bonds. The fourth-order valence-electron chi connectivity index (χ4n) is 4.21. The smallest absolute Gasteiger partial charge is 0.0352 e. The Labute approximate surface area is 135 Å². The van der Waals surface area contributed by atoms with Gasteiger partial charge in [0.1, 0.15) is 0 Å². The molecular formula is C21H42. The molecule has 1 rings (SSSR count). The van der Waals surface area contributed by atoms with E-state index in [9.17, 15) is 0 Å². The molecule has 1 aliphatic carbocycles. The molecule has 126 valence electrons. The van der Waals surface area contributed by atoms with Gasteiger partial charge in [-0.2, -0.15) is 0 Å². The summed E-state index contributed by atoms with van der Waals surface area (Å²) in [6.45, 7) is 9.71. The zero-order chi connectivity index (χ0) is 15.6. The summed E-state index contributed by atoms with van der Waals surface area (Å²) >= 11 is 0. The maximum absolute atomic E-state index is 2.50. The highest BCUT2D eigenvalue weighted by atomic mass is 14.4. The summed E-state index contributed by atoms with van der Waals surface area (Å²) in [4.78, 5) is 0. The molecule has 21 heavy (non-hydrogen) atoms. The van der Waals surface area contributed by atoms with Crippen LogP contribution in [-0.2, 0) is 0 Å². The summed E-state index contributed by atoms with van der Waals surface area (Å²) in [7, 11) is 0. The van der Waals surface area contributed by atoms with Crippen LogP contribution in [-0.4, -0.2) is 0 Å². The van der Waals surface area contributed by atoms with Crippen molar-refractivity contribution in [2.45, 2.75) is 118 Å². The summed E-state index contributed by atoms with van der Waals surface area (Å²) < 4.78 is 0. The van der Waals surface area contributed by atoms with Crippen LogP contribution in [0.5, 0.6) is 0 Å². The number of hydrogen-bond acceptors (Lipinski definition) is 0. The molecular weight excluding hydrogens is 252 g/mol. The largest absolute Gasteiger partial charge is 0.0654 e. The monoisotopic (exact) mass is 294 g/mol. The van der Waals surface area contributed by atoms with Gasteiger partial charge in [0.15, 0.2) is 0 Å². The van der Waals surface area contributed by atoms with Gasteiger partial charge in [-0.05, 0) is 42.9 Å². The lowest BCUT2D eigenvalue weighted by Crippen LogP contribution is -2.27. The van der Waals surface area contributed by atoms with E-state index in [1.165, 1.54) is 89.9 Å². The van der Waals surface area contributed by atoms with Gasteiger partial charge in [-0.3, -0.25) is 0 Å². The second-order valence-corrected chi connectivity index (χ2v) is 8.74. The number of rotatable bonds is 13. The Morgan fingerprint density at radius 1 is 0.762 bits per heavy atom. The molecule has 0 aromatic heterocycles. The first-order chi connectivity index (χ1) is 10.0. The fourth-order valence-corrected chi connectivity index (χ4v) is 4.21. The van der Waals surface area contributed by atoms with Crippen molar-refractivity contribution in [2.75, 3.05) is 0 Å². The van der Waals surface area contributed by atoms with E-state index in [4.69, 9.17) is 0 Å². The van der Waals surface area contributed by atoms with E-state index < -0.39 is 0 Å². The summed E-state index contributed by atoms with van der Waals surface area (Å²) in [6.07, 6.45) is 20.5. The van der Waals surface area contributed by atoms with E-state index in [0.717, 1.165) is 11.8 Å².